The Bertz CT molecular complexity index is 980. The SMILES string of the molecule is CCOC(=O)c1cnn2c(Nc3cccc(C)c3)c(C(=O)OC)cnc12. The Kier molecular flexibility index (Phi) is 4.83. The summed E-state index contributed by atoms with van der Waals surface area (Å²) in [5, 5.41) is 7.36. The number of nitrogens with zero attached hydrogens (tertiary/aromatic N) is 3. The molecule has 2 aromatic heterocycles. The Morgan fingerprint density at radius 3 is 2.69 bits per heavy atom. The number of rotatable bonds is 5. The molecule has 0 saturated heterocycles. The van der Waals surface area contributed by atoms with Crippen LogP contribution in [0.4, 0.5) is 11.5 Å². The number of fused-ring (bicyclic) bond motifs is 1. The lowest BCUT2D eigenvalue weighted by Gasteiger charge is -2.13. The standard InChI is InChI=1S/C18H18N4O4/c1-4-26-18(24)14-10-20-22-15(14)19-9-13(17(23)25-3)16(22)21-12-7-5-6-11(2)8-12/h5-10,21H,4H2,1-3H3. The Balaban J connectivity index is 2.15. The molecule has 0 saturated carbocycles. The number of carbonyl (C=O) groups is 2. The molecule has 0 amide bonds. The molecule has 0 bridgehead atoms. The Labute approximate surface area is 149 Å². The zero-order chi connectivity index (χ0) is 18.7. The number of benzene rings is 1. The van der Waals surface area contributed by atoms with Crippen molar-refractivity contribution in [1.29, 1.82) is 0 Å². The van der Waals surface area contributed by atoms with Crippen molar-refractivity contribution in [3.8, 4) is 0 Å². The van der Waals surface area contributed by atoms with Gasteiger partial charge in [-0.2, -0.15) is 9.61 Å². The molecule has 8 nitrogen and oxygen atoms in total. The molecule has 26 heavy (non-hydrogen) atoms. The van der Waals surface area contributed by atoms with Crippen molar-refractivity contribution in [3.63, 3.8) is 0 Å². The molecule has 3 rings (SSSR count). The Morgan fingerprint density at radius 2 is 2.00 bits per heavy atom. The van der Waals surface area contributed by atoms with Crippen LogP contribution in [0.1, 0.15) is 33.2 Å². The quantitative estimate of drug-likeness (QED) is 0.704. The zero-order valence-electron chi connectivity index (χ0n) is 14.6. The molecule has 0 unspecified atom stereocenters. The fourth-order valence-corrected chi connectivity index (χ4v) is 2.52. The van der Waals surface area contributed by atoms with Crippen LogP contribution in [0.2, 0.25) is 0 Å². The van der Waals surface area contributed by atoms with Crippen LogP contribution in [0.5, 0.6) is 0 Å². The maximum atomic E-state index is 12.1. The lowest BCUT2D eigenvalue weighted by Crippen LogP contribution is -2.12. The first-order valence-corrected chi connectivity index (χ1v) is 8.01. The number of hydrogen-bond acceptors (Lipinski definition) is 7. The number of carbonyl (C=O) groups excluding carboxylic acids is 2. The van der Waals surface area contributed by atoms with Crippen LogP contribution in [0.25, 0.3) is 5.65 Å². The number of aryl methyl sites for hydroxylation is 1. The Hall–Kier alpha value is -3.42. The summed E-state index contributed by atoms with van der Waals surface area (Å²) in [5.74, 6) is -0.743. The second-order valence-electron chi connectivity index (χ2n) is 5.52. The number of esters is 2. The lowest BCUT2D eigenvalue weighted by molar-refractivity contribution is 0.0527. The predicted octanol–water partition coefficient (Wildman–Crippen LogP) is 2.74. The van der Waals surface area contributed by atoms with Crippen LogP contribution in [0.15, 0.2) is 36.7 Å². The van der Waals surface area contributed by atoms with Gasteiger partial charge in [0.25, 0.3) is 0 Å². The van der Waals surface area contributed by atoms with E-state index in [4.69, 9.17) is 9.47 Å². The molecule has 3 aromatic rings. The van der Waals surface area contributed by atoms with Gasteiger partial charge in [-0.1, -0.05) is 12.1 Å². The highest BCUT2D eigenvalue weighted by atomic mass is 16.5. The summed E-state index contributed by atoms with van der Waals surface area (Å²) in [6.07, 6.45) is 2.71. The highest BCUT2D eigenvalue weighted by Crippen LogP contribution is 2.24. The minimum Gasteiger partial charge on any atom is -0.465 e. The molecule has 1 N–H and O–H groups in total. The highest BCUT2D eigenvalue weighted by molar-refractivity contribution is 5.99. The molecule has 1 aromatic carbocycles. The first kappa shape index (κ1) is 17.4. The van der Waals surface area contributed by atoms with Crippen molar-refractivity contribution in [1.82, 2.24) is 14.6 Å². The normalized spacial score (nSPS) is 10.6. The monoisotopic (exact) mass is 354 g/mol. The van der Waals surface area contributed by atoms with Crippen LogP contribution >= 0.6 is 0 Å². The van der Waals surface area contributed by atoms with E-state index in [0.717, 1.165) is 11.3 Å². The summed E-state index contributed by atoms with van der Waals surface area (Å²) in [4.78, 5) is 28.4. The van der Waals surface area contributed by atoms with Gasteiger partial charge < -0.3 is 14.8 Å². The fourth-order valence-electron chi connectivity index (χ4n) is 2.52. The van der Waals surface area contributed by atoms with E-state index in [-0.39, 0.29) is 23.4 Å². The van der Waals surface area contributed by atoms with Gasteiger partial charge in [0.1, 0.15) is 11.1 Å². The van der Waals surface area contributed by atoms with Crippen LogP contribution in [0.3, 0.4) is 0 Å². The largest absolute Gasteiger partial charge is 0.465 e. The number of aromatic nitrogens is 3. The predicted molar refractivity (Wildman–Crippen MR) is 94.7 cm³/mol. The summed E-state index contributed by atoms with van der Waals surface area (Å²) in [6, 6.07) is 7.63. The summed E-state index contributed by atoms with van der Waals surface area (Å²) >= 11 is 0. The topological polar surface area (TPSA) is 94.8 Å². The van der Waals surface area contributed by atoms with Gasteiger partial charge in [-0.3, -0.25) is 0 Å². The molecule has 2 heterocycles. The van der Waals surface area contributed by atoms with Crippen LogP contribution in [-0.4, -0.2) is 40.3 Å². The van der Waals surface area contributed by atoms with Crippen molar-refractivity contribution in [2.45, 2.75) is 13.8 Å². The van der Waals surface area contributed by atoms with E-state index in [9.17, 15) is 9.59 Å². The molecule has 0 atom stereocenters. The third kappa shape index (κ3) is 3.21. The smallest absolute Gasteiger partial charge is 0.343 e. The van der Waals surface area contributed by atoms with Crippen molar-refractivity contribution >= 4 is 29.1 Å². The first-order valence-electron chi connectivity index (χ1n) is 8.01. The third-order valence-corrected chi connectivity index (χ3v) is 3.71. The van der Waals surface area contributed by atoms with E-state index >= 15 is 0 Å². The van der Waals surface area contributed by atoms with Crippen LogP contribution in [0, 0.1) is 6.92 Å². The maximum Gasteiger partial charge on any atom is 0.343 e. The Morgan fingerprint density at radius 1 is 1.19 bits per heavy atom. The van der Waals surface area contributed by atoms with E-state index in [1.165, 1.54) is 24.0 Å². The van der Waals surface area contributed by atoms with Gasteiger partial charge in [-0.05, 0) is 31.5 Å². The summed E-state index contributed by atoms with van der Waals surface area (Å²) in [5.41, 5.74) is 2.50. The van der Waals surface area contributed by atoms with E-state index in [2.05, 4.69) is 15.4 Å². The van der Waals surface area contributed by atoms with Gasteiger partial charge in [-0.25, -0.2) is 14.6 Å². The first-order chi connectivity index (χ1) is 12.5. The average Bonchev–Trinajstić information content (AvgIpc) is 3.06. The molecule has 134 valence electrons. The molecule has 0 aliphatic rings. The van der Waals surface area contributed by atoms with Crippen molar-refractivity contribution < 1.29 is 19.1 Å². The molecule has 0 fully saturated rings. The molecular formula is C18H18N4O4. The number of anilines is 2. The van der Waals surface area contributed by atoms with Crippen LogP contribution in [-0.2, 0) is 9.47 Å². The summed E-state index contributed by atoms with van der Waals surface area (Å²) < 4.78 is 11.2. The molecule has 0 aliphatic heterocycles. The number of ether oxygens (including phenoxy) is 2. The van der Waals surface area contributed by atoms with Gasteiger partial charge in [0.05, 0.1) is 19.9 Å². The number of methoxy groups -OCH3 is 1. The van der Waals surface area contributed by atoms with Crippen molar-refractivity contribution in [2.24, 2.45) is 0 Å². The fraction of sp³-hybridized carbons (Fsp3) is 0.222. The second kappa shape index (κ2) is 7.22. The van der Waals surface area contributed by atoms with Crippen molar-refractivity contribution in [2.75, 3.05) is 19.0 Å². The molecule has 0 spiro atoms. The van der Waals surface area contributed by atoms with E-state index in [1.807, 2.05) is 31.2 Å². The second-order valence-corrected chi connectivity index (χ2v) is 5.52. The van der Waals surface area contributed by atoms with Gasteiger partial charge in [0.2, 0.25) is 0 Å². The average molecular weight is 354 g/mol. The molecule has 8 heteroatoms. The van der Waals surface area contributed by atoms with Gasteiger partial charge in [-0.15, -0.1) is 0 Å². The highest BCUT2D eigenvalue weighted by Gasteiger charge is 2.22. The molecule has 0 aliphatic carbocycles. The number of hydrogen-bond donors (Lipinski definition) is 1. The minimum absolute atomic E-state index is 0.194. The maximum absolute atomic E-state index is 12.1. The molecular weight excluding hydrogens is 336 g/mol. The third-order valence-electron chi connectivity index (χ3n) is 3.71. The van der Waals surface area contributed by atoms with Crippen molar-refractivity contribution in [3.05, 3.63) is 53.3 Å². The summed E-state index contributed by atoms with van der Waals surface area (Å²) in [7, 11) is 1.29. The summed E-state index contributed by atoms with van der Waals surface area (Å²) in [6.45, 7) is 3.92. The molecule has 0 radical (unpaired) electrons. The van der Waals surface area contributed by atoms with E-state index in [1.54, 1.807) is 6.92 Å². The van der Waals surface area contributed by atoms with Gasteiger partial charge in [0.15, 0.2) is 11.5 Å². The van der Waals surface area contributed by atoms with E-state index < -0.39 is 11.9 Å². The van der Waals surface area contributed by atoms with E-state index in [0.29, 0.717) is 5.82 Å². The minimum atomic E-state index is -0.567. The van der Waals surface area contributed by atoms with Gasteiger partial charge in [0, 0.05) is 11.9 Å². The van der Waals surface area contributed by atoms with Crippen LogP contribution < -0.4 is 5.32 Å². The zero-order valence-corrected chi connectivity index (χ0v) is 14.6. The number of nitrogens with one attached hydrogen (secondary N) is 1. The van der Waals surface area contributed by atoms with Gasteiger partial charge >= 0.3 is 11.9 Å². The lowest BCUT2D eigenvalue weighted by atomic mass is 10.2.